The summed E-state index contributed by atoms with van der Waals surface area (Å²) in [6.07, 6.45) is 6.27. The van der Waals surface area contributed by atoms with Crippen LogP contribution in [0.5, 0.6) is 0 Å². The summed E-state index contributed by atoms with van der Waals surface area (Å²) >= 11 is 0. The number of aliphatic carboxylic acids is 1. The van der Waals surface area contributed by atoms with Gasteiger partial charge in [0.1, 0.15) is 0 Å². The van der Waals surface area contributed by atoms with Crippen molar-refractivity contribution in [1.29, 1.82) is 0 Å². The molecule has 0 saturated carbocycles. The molecule has 3 nitrogen and oxygen atoms in total. The minimum Gasteiger partial charge on any atom is -0.481 e. The Morgan fingerprint density at radius 2 is 2.25 bits per heavy atom. The molecule has 1 fully saturated rings. The largest absolute Gasteiger partial charge is 0.481 e. The Bertz CT molecular complexity index is 218. The van der Waals surface area contributed by atoms with Crippen LogP contribution in [0.25, 0.3) is 0 Å². The molecule has 0 aromatic rings. The lowest BCUT2D eigenvalue weighted by Crippen LogP contribution is -2.43. The fourth-order valence-corrected chi connectivity index (χ4v) is 2.72. The fraction of sp³-hybridized carbons (Fsp3) is 0.923. The summed E-state index contributed by atoms with van der Waals surface area (Å²) in [5.41, 5.74) is 0. The second kappa shape index (κ2) is 6.89. The molecule has 0 aromatic carbocycles. The van der Waals surface area contributed by atoms with Crippen LogP contribution in [0.1, 0.15) is 52.4 Å². The van der Waals surface area contributed by atoms with Crippen LogP contribution in [0, 0.1) is 5.92 Å². The Labute approximate surface area is 98.8 Å². The molecule has 0 bridgehead atoms. The third kappa shape index (κ3) is 4.52. The van der Waals surface area contributed by atoms with Crippen LogP contribution < -0.4 is 0 Å². The lowest BCUT2D eigenvalue weighted by atomic mass is 9.96. The van der Waals surface area contributed by atoms with Crippen LogP contribution in [0.3, 0.4) is 0 Å². The highest BCUT2D eigenvalue weighted by molar-refractivity contribution is 5.67. The lowest BCUT2D eigenvalue weighted by Gasteiger charge is -2.36. The second-order valence-corrected chi connectivity index (χ2v) is 5.14. The number of hydrogen-bond acceptors (Lipinski definition) is 2. The van der Waals surface area contributed by atoms with E-state index in [0.717, 1.165) is 19.5 Å². The number of carboxylic acids is 1. The highest BCUT2D eigenvalue weighted by atomic mass is 16.4. The monoisotopic (exact) mass is 227 g/mol. The number of rotatable bonds is 6. The minimum atomic E-state index is -0.653. The summed E-state index contributed by atoms with van der Waals surface area (Å²) in [7, 11) is 0. The molecular formula is C13H25NO2. The third-order valence-corrected chi connectivity index (χ3v) is 3.49. The van der Waals surface area contributed by atoms with Gasteiger partial charge in [0.15, 0.2) is 0 Å². The summed E-state index contributed by atoms with van der Waals surface area (Å²) in [6, 6.07) is 0.283. The molecule has 0 amide bonds. The molecule has 1 aliphatic rings. The number of likely N-dealkylation sites (tertiary alicyclic amines) is 1. The van der Waals surface area contributed by atoms with Gasteiger partial charge in [-0.25, -0.2) is 0 Å². The second-order valence-electron chi connectivity index (χ2n) is 5.14. The van der Waals surface area contributed by atoms with Gasteiger partial charge in [-0.2, -0.15) is 0 Å². The van der Waals surface area contributed by atoms with Gasteiger partial charge in [0.25, 0.3) is 0 Å². The highest BCUT2D eigenvalue weighted by Crippen LogP contribution is 2.21. The maximum atomic E-state index is 10.8. The van der Waals surface area contributed by atoms with Crippen LogP contribution >= 0.6 is 0 Å². The van der Waals surface area contributed by atoms with E-state index in [1.54, 1.807) is 0 Å². The molecule has 1 N–H and O–H groups in total. The highest BCUT2D eigenvalue weighted by Gasteiger charge is 2.25. The van der Waals surface area contributed by atoms with E-state index in [9.17, 15) is 4.79 Å². The predicted molar refractivity (Wildman–Crippen MR) is 65.5 cm³/mol. The summed E-state index contributed by atoms with van der Waals surface area (Å²) < 4.78 is 0. The molecule has 3 heteroatoms. The first-order chi connectivity index (χ1) is 7.63. The third-order valence-electron chi connectivity index (χ3n) is 3.49. The van der Waals surface area contributed by atoms with Crippen molar-refractivity contribution in [1.82, 2.24) is 4.90 Å². The van der Waals surface area contributed by atoms with E-state index in [4.69, 9.17) is 5.11 Å². The average Bonchev–Trinajstić information content (AvgIpc) is 2.20. The smallest absolute Gasteiger partial charge is 0.304 e. The molecular weight excluding hydrogens is 202 g/mol. The van der Waals surface area contributed by atoms with E-state index in [1.165, 1.54) is 25.7 Å². The number of carbonyl (C=O) groups is 1. The molecule has 0 spiro atoms. The molecule has 94 valence electrons. The van der Waals surface area contributed by atoms with Gasteiger partial charge in [-0.1, -0.05) is 26.7 Å². The molecule has 1 saturated heterocycles. The standard InChI is InChI=1S/C13H25NO2/c1-3-6-11(2)10-14-8-5-4-7-12(14)9-13(15)16/h11-12H,3-10H2,1-2H3,(H,15,16). The predicted octanol–water partition coefficient (Wildman–Crippen LogP) is 2.75. The molecule has 16 heavy (non-hydrogen) atoms. The zero-order valence-electron chi connectivity index (χ0n) is 10.6. The van der Waals surface area contributed by atoms with Gasteiger partial charge < -0.3 is 5.11 Å². The van der Waals surface area contributed by atoms with Crippen molar-refractivity contribution in [2.45, 2.75) is 58.4 Å². The van der Waals surface area contributed by atoms with Gasteiger partial charge in [0, 0.05) is 12.6 Å². The summed E-state index contributed by atoms with van der Waals surface area (Å²) in [4.78, 5) is 13.2. The topological polar surface area (TPSA) is 40.5 Å². The van der Waals surface area contributed by atoms with Crippen LogP contribution in [0.2, 0.25) is 0 Å². The van der Waals surface area contributed by atoms with Crippen molar-refractivity contribution in [3.8, 4) is 0 Å². The minimum absolute atomic E-state index is 0.283. The number of hydrogen-bond donors (Lipinski definition) is 1. The van der Waals surface area contributed by atoms with Crippen molar-refractivity contribution >= 4 is 5.97 Å². The number of piperidine rings is 1. The first kappa shape index (κ1) is 13.5. The summed E-state index contributed by atoms with van der Waals surface area (Å²) in [5, 5.41) is 8.89. The maximum Gasteiger partial charge on any atom is 0.304 e. The molecule has 0 aliphatic carbocycles. The van der Waals surface area contributed by atoms with E-state index in [2.05, 4.69) is 18.7 Å². The van der Waals surface area contributed by atoms with Crippen LogP contribution in [-0.4, -0.2) is 35.1 Å². The van der Waals surface area contributed by atoms with Gasteiger partial charge in [0.2, 0.25) is 0 Å². The Morgan fingerprint density at radius 1 is 1.50 bits per heavy atom. The lowest BCUT2D eigenvalue weighted by molar-refractivity contribution is -0.138. The Kier molecular flexibility index (Phi) is 5.81. The molecule has 2 unspecified atom stereocenters. The van der Waals surface area contributed by atoms with Gasteiger partial charge >= 0.3 is 5.97 Å². The molecule has 1 heterocycles. The summed E-state index contributed by atoms with van der Waals surface area (Å²) in [6.45, 7) is 6.65. The van der Waals surface area contributed by atoms with E-state index in [-0.39, 0.29) is 6.04 Å². The fourth-order valence-electron chi connectivity index (χ4n) is 2.72. The molecule has 0 radical (unpaired) electrons. The van der Waals surface area contributed by atoms with Crippen molar-refractivity contribution in [3.63, 3.8) is 0 Å². The zero-order chi connectivity index (χ0) is 12.0. The number of carboxylic acid groups (broad SMARTS) is 1. The van der Waals surface area contributed by atoms with Crippen molar-refractivity contribution < 1.29 is 9.90 Å². The van der Waals surface area contributed by atoms with Crippen molar-refractivity contribution in [2.24, 2.45) is 5.92 Å². The zero-order valence-corrected chi connectivity index (χ0v) is 10.6. The first-order valence-electron chi connectivity index (χ1n) is 6.59. The Balaban J connectivity index is 2.43. The van der Waals surface area contributed by atoms with Crippen molar-refractivity contribution in [3.05, 3.63) is 0 Å². The summed E-state index contributed by atoms with van der Waals surface area (Å²) in [5.74, 6) is 0.0411. The van der Waals surface area contributed by atoms with Gasteiger partial charge in [-0.05, 0) is 31.7 Å². The maximum absolute atomic E-state index is 10.8. The SMILES string of the molecule is CCCC(C)CN1CCCCC1CC(=O)O. The molecule has 1 rings (SSSR count). The van der Waals surface area contributed by atoms with E-state index in [1.807, 2.05) is 0 Å². The normalized spacial score (nSPS) is 24.2. The van der Waals surface area contributed by atoms with Crippen molar-refractivity contribution in [2.75, 3.05) is 13.1 Å². The molecule has 0 aromatic heterocycles. The Morgan fingerprint density at radius 3 is 2.88 bits per heavy atom. The van der Waals surface area contributed by atoms with Crippen LogP contribution in [0.4, 0.5) is 0 Å². The quantitative estimate of drug-likeness (QED) is 0.758. The van der Waals surface area contributed by atoms with Crippen LogP contribution in [-0.2, 0) is 4.79 Å². The van der Waals surface area contributed by atoms with Gasteiger partial charge in [-0.15, -0.1) is 0 Å². The van der Waals surface area contributed by atoms with E-state index in [0.29, 0.717) is 12.3 Å². The molecule has 1 aliphatic heterocycles. The van der Waals surface area contributed by atoms with Gasteiger partial charge in [-0.3, -0.25) is 9.69 Å². The number of nitrogens with zero attached hydrogens (tertiary/aromatic N) is 1. The van der Waals surface area contributed by atoms with E-state index < -0.39 is 5.97 Å². The average molecular weight is 227 g/mol. The van der Waals surface area contributed by atoms with E-state index >= 15 is 0 Å². The molecule has 2 atom stereocenters. The van der Waals surface area contributed by atoms with Crippen LogP contribution in [0.15, 0.2) is 0 Å². The first-order valence-corrected chi connectivity index (χ1v) is 6.59. The van der Waals surface area contributed by atoms with Gasteiger partial charge in [0.05, 0.1) is 6.42 Å². The Hall–Kier alpha value is -0.570.